The smallest absolute Gasteiger partial charge is 0.267 e. The van der Waals surface area contributed by atoms with Crippen molar-refractivity contribution >= 4 is 28.6 Å². The molecule has 3 rings (SSSR count). The van der Waals surface area contributed by atoms with Crippen LogP contribution in [0, 0.1) is 12.9 Å². The summed E-state index contributed by atoms with van der Waals surface area (Å²) < 4.78 is 15.4. The Morgan fingerprint density at radius 2 is 2.18 bits per heavy atom. The average molecular weight is 318 g/mol. The molecule has 0 unspecified atom stereocenters. The van der Waals surface area contributed by atoms with E-state index in [1.807, 2.05) is 30.7 Å². The second-order valence-electron chi connectivity index (χ2n) is 4.94. The van der Waals surface area contributed by atoms with Crippen LogP contribution in [0.15, 0.2) is 34.1 Å². The number of hydrogen-bond donors (Lipinski definition) is 2. The zero-order chi connectivity index (χ0) is 15.9. The molecular formula is C15H15FN4OS. The van der Waals surface area contributed by atoms with Gasteiger partial charge in [0.05, 0.1) is 10.9 Å². The summed E-state index contributed by atoms with van der Waals surface area (Å²) in [6.07, 6.45) is 0. The lowest BCUT2D eigenvalue weighted by Crippen LogP contribution is -2.20. The van der Waals surface area contributed by atoms with Gasteiger partial charge in [-0.25, -0.2) is 0 Å². The van der Waals surface area contributed by atoms with Crippen molar-refractivity contribution in [3.8, 4) is 0 Å². The summed E-state index contributed by atoms with van der Waals surface area (Å²) >= 11 is 1.49. The highest BCUT2D eigenvalue weighted by Gasteiger charge is 2.15. The molecule has 3 aromatic rings. The number of halogens is 1. The van der Waals surface area contributed by atoms with E-state index in [0.717, 1.165) is 15.5 Å². The molecule has 0 aliphatic rings. The third kappa shape index (κ3) is 2.37. The van der Waals surface area contributed by atoms with Gasteiger partial charge in [-0.15, -0.1) is 0 Å². The second kappa shape index (κ2) is 5.49. The quantitative estimate of drug-likeness (QED) is 0.780. The molecule has 7 heteroatoms. The largest absolute Gasteiger partial charge is 0.354 e. The average Bonchev–Trinajstić information content (AvgIpc) is 3.02. The van der Waals surface area contributed by atoms with Crippen LogP contribution >= 0.6 is 11.8 Å². The molecule has 22 heavy (non-hydrogen) atoms. The Hall–Kier alpha value is -2.28. The number of hydrogen-bond acceptors (Lipinski definition) is 3. The standard InChI is InChI=1S/C15H15FN4OS/c1-8-13(7-12(20(8)3)15(21)17-2)22-9-4-5-11-10(6-9)14(16)19-18-11/h4-7H,1-3H3,(H,17,21)(H,18,19). The zero-order valence-corrected chi connectivity index (χ0v) is 13.2. The van der Waals surface area contributed by atoms with E-state index < -0.39 is 5.95 Å². The molecule has 0 saturated heterocycles. The van der Waals surface area contributed by atoms with Crippen LogP contribution in [0.5, 0.6) is 0 Å². The predicted molar refractivity (Wildman–Crippen MR) is 83.7 cm³/mol. The molecule has 1 amide bonds. The van der Waals surface area contributed by atoms with Gasteiger partial charge in [0, 0.05) is 29.6 Å². The molecule has 114 valence electrons. The van der Waals surface area contributed by atoms with Crippen molar-refractivity contribution in [3.63, 3.8) is 0 Å². The number of nitrogens with zero attached hydrogens (tertiary/aromatic N) is 2. The summed E-state index contributed by atoms with van der Waals surface area (Å²) in [5.74, 6) is -0.568. The molecule has 0 atom stereocenters. The molecule has 0 radical (unpaired) electrons. The summed E-state index contributed by atoms with van der Waals surface area (Å²) in [5.41, 5.74) is 2.17. The molecule has 2 aromatic heterocycles. The molecule has 0 bridgehead atoms. The van der Waals surface area contributed by atoms with E-state index in [1.54, 1.807) is 19.2 Å². The lowest BCUT2D eigenvalue weighted by atomic mass is 10.2. The topological polar surface area (TPSA) is 62.7 Å². The van der Waals surface area contributed by atoms with Gasteiger partial charge in [-0.05, 0) is 31.2 Å². The molecule has 1 aromatic carbocycles. The first-order valence-electron chi connectivity index (χ1n) is 6.71. The van der Waals surface area contributed by atoms with Gasteiger partial charge < -0.3 is 9.88 Å². The number of rotatable bonds is 3. The Morgan fingerprint density at radius 1 is 1.41 bits per heavy atom. The Morgan fingerprint density at radius 3 is 2.91 bits per heavy atom. The minimum Gasteiger partial charge on any atom is -0.354 e. The Kier molecular flexibility index (Phi) is 3.66. The van der Waals surface area contributed by atoms with Crippen molar-refractivity contribution < 1.29 is 9.18 Å². The summed E-state index contributed by atoms with van der Waals surface area (Å²) in [5, 5.41) is 9.29. The van der Waals surface area contributed by atoms with Crippen LogP contribution in [0.3, 0.4) is 0 Å². The molecule has 0 aliphatic heterocycles. The van der Waals surface area contributed by atoms with E-state index >= 15 is 0 Å². The van der Waals surface area contributed by atoms with Crippen LogP contribution in [0.25, 0.3) is 10.9 Å². The number of nitrogens with one attached hydrogen (secondary N) is 2. The van der Waals surface area contributed by atoms with E-state index in [2.05, 4.69) is 15.5 Å². The Labute approximate surface area is 130 Å². The third-order valence-corrected chi connectivity index (χ3v) is 4.78. The highest BCUT2D eigenvalue weighted by molar-refractivity contribution is 7.99. The van der Waals surface area contributed by atoms with Crippen molar-refractivity contribution in [1.82, 2.24) is 20.1 Å². The van der Waals surface area contributed by atoms with Crippen LogP contribution in [-0.4, -0.2) is 27.7 Å². The van der Waals surface area contributed by atoms with Gasteiger partial charge >= 0.3 is 0 Å². The normalized spacial score (nSPS) is 11.1. The van der Waals surface area contributed by atoms with Gasteiger partial charge in [0.25, 0.3) is 5.91 Å². The maximum absolute atomic E-state index is 13.6. The van der Waals surface area contributed by atoms with Crippen LogP contribution in [-0.2, 0) is 7.05 Å². The van der Waals surface area contributed by atoms with Crippen molar-refractivity contribution in [1.29, 1.82) is 0 Å². The highest BCUT2D eigenvalue weighted by Crippen LogP contribution is 2.34. The van der Waals surface area contributed by atoms with E-state index in [0.29, 0.717) is 16.6 Å². The van der Waals surface area contributed by atoms with Crippen LogP contribution in [0.2, 0.25) is 0 Å². The number of carbonyl (C=O) groups is 1. The SMILES string of the molecule is CNC(=O)c1cc(Sc2ccc3n[nH]c(F)c3c2)c(C)n1C. The maximum Gasteiger partial charge on any atom is 0.267 e. The monoisotopic (exact) mass is 318 g/mol. The third-order valence-electron chi connectivity index (χ3n) is 3.66. The second-order valence-corrected chi connectivity index (χ2v) is 6.05. The van der Waals surface area contributed by atoms with E-state index in [1.165, 1.54) is 11.8 Å². The van der Waals surface area contributed by atoms with Gasteiger partial charge in [0.2, 0.25) is 5.95 Å². The van der Waals surface area contributed by atoms with Crippen molar-refractivity contribution in [2.24, 2.45) is 7.05 Å². The summed E-state index contributed by atoms with van der Waals surface area (Å²) in [4.78, 5) is 13.7. The molecule has 0 spiro atoms. The molecule has 0 fully saturated rings. The first-order valence-corrected chi connectivity index (χ1v) is 7.52. The number of amides is 1. The zero-order valence-electron chi connectivity index (χ0n) is 12.4. The molecule has 5 nitrogen and oxygen atoms in total. The lowest BCUT2D eigenvalue weighted by Gasteiger charge is -2.04. The number of benzene rings is 1. The number of carbonyl (C=O) groups excluding carboxylic acids is 1. The van der Waals surface area contributed by atoms with Crippen LogP contribution in [0.1, 0.15) is 16.2 Å². The van der Waals surface area contributed by atoms with Crippen molar-refractivity contribution in [2.45, 2.75) is 16.7 Å². The van der Waals surface area contributed by atoms with Crippen molar-refractivity contribution in [3.05, 3.63) is 41.6 Å². The minimum atomic E-state index is -0.437. The number of aromatic nitrogens is 3. The fraction of sp³-hybridized carbons (Fsp3) is 0.200. The predicted octanol–water partition coefficient (Wildman–Crippen LogP) is 2.86. The van der Waals surface area contributed by atoms with Crippen LogP contribution < -0.4 is 5.32 Å². The molecule has 2 heterocycles. The first-order chi connectivity index (χ1) is 10.5. The van der Waals surface area contributed by atoms with Gasteiger partial charge in [0.15, 0.2) is 0 Å². The summed E-state index contributed by atoms with van der Waals surface area (Å²) in [6, 6.07) is 7.26. The van der Waals surface area contributed by atoms with Gasteiger partial charge in [-0.3, -0.25) is 9.89 Å². The van der Waals surface area contributed by atoms with Crippen LogP contribution in [0.4, 0.5) is 4.39 Å². The van der Waals surface area contributed by atoms with Gasteiger partial charge in [-0.2, -0.15) is 9.49 Å². The maximum atomic E-state index is 13.6. The summed E-state index contributed by atoms with van der Waals surface area (Å²) in [6.45, 7) is 1.95. The summed E-state index contributed by atoms with van der Waals surface area (Å²) in [7, 11) is 3.45. The van der Waals surface area contributed by atoms with Gasteiger partial charge in [-0.1, -0.05) is 11.8 Å². The Balaban J connectivity index is 1.97. The molecule has 0 aliphatic carbocycles. The number of fused-ring (bicyclic) bond motifs is 1. The molecular weight excluding hydrogens is 303 g/mol. The van der Waals surface area contributed by atoms with Gasteiger partial charge in [0.1, 0.15) is 5.69 Å². The minimum absolute atomic E-state index is 0.131. The highest BCUT2D eigenvalue weighted by atomic mass is 32.2. The first kappa shape index (κ1) is 14.6. The molecule has 0 saturated carbocycles. The van der Waals surface area contributed by atoms with E-state index in [4.69, 9.17) is 0 Å². The fourth-order valence-electron chi connectivity index (χ4n) is 2.27. The Bertz CT molecular complexity index is 868. The van der Waals surface area contributed by atoms with Crippen molar-refractivity contribution in [2.75, 3.05) is 7.05 Å². The fourth-order valence-corrected chi connectivity index (χ4v) is 3.29. The van der Waals surface area contributed by atoms with E-state index in [-0.39, 0.29) is 5.91 Å². The lowest BCUT2D eigenvalue weighted by molar-refractivity contribution is 0.0955. The number of aromatic amines is 1. The molecule has 2 N–H and O–H groups in total. The number of H-pyrrole nitrogens is 1. The van der Waals surface area contributed by atoms with E-state index in [9.17, 15) is 9.18 Å².